The van der Waals surface area contributed by atoms with Crippen LogP contribution in [0.5, 0.6) is 5.75 Å². The van der Waals surface area contributed by atoms with Gasteiger partial charge in [-0.25, -0.2) is 0 Å². The van der Waals surface area contributed by atoms with Crippen molar-refractivity contribution in [3.05, 3.63) is 23.8 Å². The number of nitrogens with one attached hydrogen (secondary N) is 1. The van der Waals surface area contributed by atoms with Crippen molar-refractivity contribution in [1.82, 2.24) is 0 Å². The first-order chi connectivity index (χ1) is 8.10. The van der Waals surface area contributed by atoms with Gasteiger partial charge >= 0.3 is 0 Å². The average molecular weight is 250 g/mol. The first-order valence-electron chi connectivity index (χ1n) is 5.84. The highest BCUT2D eigenvalue weighted by molar-refractivity contribution is 7.80. The molecule has 1 aliphatic carbocycles. The molecule has 4 heteroatoms. The van der Waals surface area contributed by atoms with Crippen LogP contribution >= 0.6 is 12.2 Å². The summed E-state index contributed by atoms with van der Waals surface area (Å²) in [6, 6.07) is 6.27. The number of benzene rings is 1. The third-order valence-electron chi connectivity index (χ3n) is 3.23. The number of ether oxygens (including phenoxy) is 1. The fraction of sp³-hybridized carbons (Fsp3) is 0.462. The van der Waals surface area contributed by atoms with Crippen molar-refractivity contribution in [2.24, 2.45) is 11.7 Å². The minimum absolute atomic E-state index is 0.419. The molecule has 1 saturated carbocycles. The summed E-state index contributed by atoms with van der Waals surface area (Å²) in [6.07, 6.45) is 2.40. The predicted molar refractivity (Wildman–Crippen MR) is 74.7 cm³/mol. The zero-order valence-corrected chi connectivity index (χ0v) is 11.0. The zero-order chi connectivity index (χ0) is 12.4. The Balaban J connectivity index is 2.19. The number of hydrogen-bond acceptors (Lipinski definition) is 3. The summed E-state index contributed by atoms with van der Waals surface area (Å²) in [5.41, 5.74) is 7.59. The van der Waals surface area contributed by atoms with Gasteiger partial charge in [-0.3, -0.25) is 0 Å². The second-order valence-electron chi connectivity index (χ2n) is 4.69. The average Bonchev–Trinajstić information content (AvgIpc) is 2.26. The molecular formula is C13H18N2OS. The lowest BCUT2D eigenvalue weighted by molar-refractivity contribution is 0.309. The van der Waals surface area contributed by atoms with E-state index < -0.39 is 0 Å². The van der Waals surface area contributed by atoms with E-state index in [0.717, 1.165) is 22.9 Å². The Bertz CT molecular complexity index is 427. The molecule has 1 aliphatic rings. The van der Waals surface area contributed by atoms with Gasteiger partial charge in [0, 0.05) is 23.4 Å². The smallest absolute Gasteiger partial charge is 0.120 e. The van der Waals surface area contributed by atoms with Crippen LogP contribution in [-0.4, -0.2) is 18.1 Å². The van der Waals surface area contributed by atoms with Crippen LogP contribution in [0.3, 0.4) is 0 Å². The number of anilines is 1. The van der Waals surface area contributed by atoms with E-state index in [1.807, 2.05) is 18.2 Å². The Morgan fingerprint density at radius 2 is 2.18 bits per heavy atom. The highest BCUT2D eigenvalue weighted by Gasteiger charge is 2.25. The summed E-state index contributed by atoms with van der Waals surface area (Å²) in [7, 11) is 1.66. The van der Waals surface area contributed by atoms with Crippen LogP contribution in [0.15, 0.2) is 18.2 Å². The Morgan fingerprint density at radius 3 is 2.71 bits per heavy atom. The van der Waals surface area contributed by atoms with Crippen LogP contribution in [0.4, 0.5) is 5.69 Å². The molecule has 1 aromatic carbocycles. The van der Waals surface area contributed by atoms with Crippen LogP contribution in [-0.2, 0) is 0 Å². The second-order valence-corrected chi connectivity index (χ2v) is 5.13. The Hall–Kier alpha value is -1.29. The molecule has 0 aromatic heterocycles. The molecule has 3 N–H and O–H groups in total. The number of nitrogens with two attached hydrogens (primary N) is 1. The van der Waals surface area contributed by atoms with Crippen LogP contribution in [0.1, 0.15) is 25.3 Å². The first-order valence-corrected chi connectivity index (χ1v) is 6.25. The molecule has 1 fully saturated rings. The number of methoxy groups -OCH3 is 1. The lowest BCUT2D eigenvalue weighted by Crippen LogP contribution is -2.34. The fourth-order valence-corrected chi connectivity index (χ4v) is 2.40. The molecule has 0 radical (unpaired) electrons. The molecule has 0 unspecified atom stereocenters. The largest absolute Gasteiger partial charge is 0.497 e. The quantitative estimate of drug-likeness (QED) is 0.806. The van der Waals surface area contributed by atoms with Gasteiger partial charge in [0.25, 0.3) is 0 Å². The van der Waals surface area contributed by atoms with Gasteiger partial charge in [0.05, 0.1) is 7.11 Å². The van der Waals surface area contributed by atoms with E-state index in [1.165, 1.54) is 12.8 Å². The predicted octanol–water partition coefficient (Wildman–Crippen LogP) is 2.54. The molecule has 92 valence electrons. The van der Waals surface area contributed by atoms with E-state index in [9.17, 15) is 0 Å². The number of thiocarbonyl (C=S) groups is 1. The summed E-state index contributed by atoms with van der Waals surface area (Å²) in [5.74, 6) is 1.63. The Labute approximate surface area is 107 Å². The lowest BCUT2D eigenvalue weighted by Gasteiger charge is -2.34. The van der Waals surface area contributed by atoms with Crippen molar-refractivity contribution < 1.29 is 4.74 Å². The molecule has 3 nitrogen and oxygen atoms in total. The normalized spacial score (nSPS) is 22.7. The van der Waals surface area contributed by atoms with Gasteiger partial charge in [-0.2, -0.15) is 0 Å². The van der Waals surface area contributed by atoms with E-state index in [1.54, 1.807) is 7.11 Å². The highest BCUT2D eigenvalue weighted by atomic mass is 32.1. The van der Waals surface area contributed by atoms with Crippen molar-refractivity contribution in [2.75, 3.05) is 12.4 Å². The van der Waals surface area contributed by atoms with E-state index in [2.05, 4.69) is 12.2 Å². The SMILES string of the molecule is COc1ccc(C(N)=S)c(NC2CC(C)C2)c1. The molecule has 2 rings (SSSR count). The van der Waals surface area contributed by atoms with Crippen molar-refractivity contribution in [3.8, 4) is 5.75 Å². The third kappa shape index (κ3) is 2.69. The summed E-state index contributed by atoms with van der Waals surface area (Å²) >= 11 is 5.06. The topological polar surface area (TPSA) is 47.3 Å². The van der Waals surface area contributed by atoms with Gasteiger partial charge in [-0.15, -0.1) is 0 Å². The van der Waals surface area contributed by atoms with Crippen molar-refractivity contribution in [2.45, 2.75) is 25.8 Å². The standard InChI is InChI=1S/C13H18N2OS/c1-8-5-9(6-8)15-12-7-10(16-2)3-4-11(12)13(14)17/h3-4,7-9,15H,5-6H2,1-2H3,(H2,14,17). The Kier molecular flexibility index (Phi) is 3.52. The molecule has 0 saturated heterocycles. The van der Waals surface area contributed by atoms with Crippen LogP contribution in [0, 0.1) is 5.92 Å². The molecule has 0 aliphatic heterocycles. The monoisotopic (exact) mass is 250 g/mol. The second kappa shape index (κ2) is 4.92. The fourth-order valence-electron chi connectivity index (χ4n) is 2.22. The number of hydrogen-bond donors (Lipinski definition) is 2. The van der Waals surface area contributed by atoms with E-state index >= 15 is 0 Å². The minimum atomic E-state index is 0.419. The summed E-state index contributed by atoms with van der Waals surface area (Å²) in [5, 5.41) is 3.49. The third-order valence-corrected chi connectivity index (χ3v) is 3.45. The van der Waals surface area contributed by atoms with E-state index in [4.69, 9.17) is 22.7 Å². The summed E-state index contributed by atoms with van der Waals surface area (Å²) in [6.45, 7) is 2.26. The molecular weight excluding hydrogens is 232 g/mol. The molecule has 0 heterocycles. The Morgan fingerprint density at radius 1 is 1.47 bits per heavy atom. The van der Waals surface area contributed by atoms with Crippen LogP contribution in [0.25, 0.3) is 0 Å². The van der Waals surface area contributed by atoms with E-state index in [-0.39, 0.29) is 0 Å². The van der Waals surface area contributed by atoms with Gasteiger partial charge < -0.3 is 15.8 Å². The lowest BCUT2D eigenvalue weighted by atomic mass is 9.81. The van der Waals surface area contributed by atoms with Crippen molar-refractivity contribution in [3.63, 3.8) is 0 Å². The van der Waals surface area contributed by atoms with Gasteiger partial charge in [0.1, 0.15) is 10.7 Å². The molecule has 0 atom stereocenters. The summed E-state index contributed by atoms with van der Waals surface area (Å²) < 4.78 is 5.22. The maximum atomic E-state index is 5.72. The first kappa shape index (κ1) is 12.2. The van der Waals surface area contributed by atoms with Gasteiger partial charge in [0.2, 0.25) is 0 Å². The van der Waals surface area contributed by atoms with Gasteiger partial charge in [-0.05, 0) is 30.9 Å². The van der Waals surface area contributed by atoms with Crippen molar-refractivity contribution in [1.29, 1.82) is 0 Å². The zero-order valence-electron chi connectivity index (χ0n) is 10.2. The highest BCUT2D eigenvalue weighted by Crippen LogP contribution is 2.31. The van der Waals surface area contributed by atoms with Crippen molar-refractivity contribution >= 4 is 22.9 Å². The van der Waals surface area contributed by atoms with Gasteiger partial charge in [-0.1, -0.05) is 19.1 Å². The summed E-state index contributed by atoms with van der Waals surface area (Å²) in [4.78, 5) is 0.419. The molecule has 0 amide bonds. The minimum Gasteiger partial charge on any atom is -0.497 e. The van der Waals surface area contributed by atoms with Gasteiger partial charge in [0.15, 0.2) is 0 Å². The maximum absolute atomic E-state index is 5.72. The maximum Gasteiger partial charge on any atom is 0.120 e. The molecule has 17 heavy (non-hydrogen) atoms. The molecule has 1 aromatic rings. The number of rotatable bonds is 4. The molecule has 0 spiro atoms. The van der Waals surface area contributed by atoms with E-state index in [0.29, 0.717) is 11.0 Å². The van der Waals surface area contributed by atoms with Crippen LogP contribution in [0.2, 0.25) is 0 Å². The molecule has 0 bridgehead atoms. The van der Waals surface area contributed by atoms with Crippen LogP contribution < -0.4 is 15.8 Å².